The molecule has 3 N–H and O–H groups in total. The molecule has 0 saturated heterocycles. The highest BCUT2D eigenvalue weighted by Gasteiger charge is 2.62. The predicted octanol–water partition coefficient (Wildman–Crippen LogP) is 4.59. The quantitative estimate of drug-likeness (QED) is 0.561. The van der Waals surface area contributed by atoms with E-state index >= 15 is 0 Å². The second-order valence-electron chi connectivity index (χ2n) is 9.45. The molecule has 0 spiro atoms. The van der Waals surface area contributed by atoms with E-state index in [1.165, 1.54) is 0 Å². The Labute approximate surface area is 197 Å². The molecule has 2 saturated carbocycles. The molecule has 0 bridgehead atoms. The van der Waals surface area contributed by atoms with E-state index in [2.05, 4.69) is 21.2 Å². The molecule has 3 atom stereocenters. The van der Waals surface area contributed by atoms with Gasteiger partial charge in [-0.05, 0) is 67.9 Å². The SMILES string of the molecule is Cc1ccc(C(=O)NCCc2ccc(Br)cc2)c(O)c1C12CCC(C)C1(O)CCC(=O)C2. The summed E-state index contributed by atoms with van der Waals surface area (Å²) in [5, 5.41) is 25.9. The van der Waals surface area contributed by atoms with Crippen molar-refractivity contribution in [2.75, 3.05) is 6.54 Å². The highest BCUT2D eigenvalue weighted by atomic mass is 79.9. The number of phenols is 1. The Hall–Kier alpha value is -2.18. The van der Waals surface area contributed by atoms with Crippen molar-refractivity contribution in [3.63, 3.8) is 0 Å². The number of Topliss-reactive ketones (excluding diaryl/α,β-unsaturated/α-hetero) is 1. The lowest BCUT2D eigenvalue weighted by Gasteiger charge is -2.48. The summed E-state index contributed by atoms with van der Waals surface area (Å²) in [6.07, 6.45) is 3.05. The van der Waals surface area contributed by atoms with E-state index < -0.39 is 11.0 Å². The molecular weight excluding hydrogens is 470 g/mol. The molecular formula is C26H30BrNO4. The average molecular weight is 500 g/mol. The van der Waals surface area contributed by atoms with E-state index in [4.69, 9.17) is 0 Å². The maximum Gasteiger partial charge on any atom is 0.255 e. The van der Waals surface area contributed by atoms with Crippen molar-refractivity contribution in [1.82, 2.24) is 5.32 Å². The first kappa shape index (κ1) is 23.0. The van der Waals surface area contributed by atoms with Crippen molar-refractivity contribution in [2.45, 2.75) is 63.4 Å². The minimum absolute atomic E-state index is 0.0257. The fourth-order valence-electron chi connectivity index (χ4n) is 5.85. The number of rotatable bonds is 5. The van der Waals surface area contributed by atoms with Crippen molar-refractivity contribution in [2.24, 2.45) is 5.92 Å². The summed E-state index contributed by atoms with van der Waals surface area (Å²) in [5.74, 6) is -0.327. The number of carbonyl (C=O) groups excluding carboxylic acids is 2. The molecule has 2 aromatic carbocycles. The lowest BCUT2D eigenvalue weighted by atomic mass is 9.58. The normalized spacial score (nSPS) is 27.2. The van der Waals surface area contributed by atoms with Gasteiger partial charge in [-0.15, -0.1) is 0 Å². The molecule has 170 valence electrons. The van der Waals surface area contributed by atoms with Gasteiger partial charge in [-0.2, -0.15) is 0 Å². The molecule has 32 heavy (non-hydrogen) atoms. The smallest absolute Gasteiger partial charge is 0.255 e. The zero-order valence-corrected chi connectivity index (χ0v) is 20.2. The first-order valence-corrected chi connectivity index (χ1v) is 12.1. The zero-order valence-electron chi connectivity index (χ0n) is 18.6. The number of fused-ring (bicyclic) bond motifs is 1. The Morgan fingerprint density at radius 2 is 1.91 bits per heavy atom. The van der Waals surface area contributed by atoms with Crippen molar-refractivity contribution in [1.29, 1.82) is 0 Å². The number of aliphatic hydroxyl groups is 1. The summed E-state index contributed by atoms with van der Waals surface area (Å²) in [5.41, 5.74) is 0.764. The van der Waals surface area contributed by atoms with Crippen LogP contribution in [0, 0.1) is 12.8 Å². The van der Waals surface area contributed by atoms with Gasteiger partial charge in [-0.1, -0.05) is 41.1 Å². The Bertz CT molecular complexity index is 1050. The van der Waals surface area contributed by atoms with Gasteiger partial charge < -0.3 is 15.5 Å². The van der Waals surface area contributed by atoms with Crippen LogP contribution in [-0.2, 0) is 16.6 Å². The van der Waals surface area contributed by atoms with Crippen molar-refractivity contribution in [3.05, 3.63) is 63.1 Å². The first-order valence-electron chi connectivity index (χ1n) is 11.3. The van der Waals surface area contributed by atoms with Crippen LogP contribution in [-0.4, -0.2) is 34.0 Å². The molecule has 0 aromatic heterocycles. The first-order chi connectivity index (χ1) is 15.2. The zero-order chi connectivity index (χ0) is 23.1. The Kier molecular flexibility index (Phi) is 6.21. The Morgan fingerprint density at radius 1 is 1.19 bits per heavy atom. The summed E-state index contributed by atoms with van der Waals surface area (Å²) in [6, 6.07) is 11.4. The van der Waals surface area contributed by atoms with Gasteiger partial charge in [0, 0.05) is 34.8 Å². The number of hydrogen-bond acceptors (Lipinski definition) is 4. The number of phenolic OH excluding ortho intramolecular Hbond substituents is 1. The number of carbonyl (C=O) groups is 2. The van der Waals surface area contributed by atoms with Gasteiger partial charge >= 0.3 is 0 Å². The molecule has 2 fully saturated rings. The molecule has 2 aromatic rings. The average Bonchev–Trinajstić information content (AvgIpc) is 3.01. The van der Waals surface area contributed by atoms with Crippen LogP contribution in [0.4, 0.5) is 0 Å². The number of benzene rings is 2. The van der Waals surface area contributed by atoms with Gasteiger partial charge in [0.2, 0.25) is 0 Å². The second-order valence-corrected chi connectivity index (χ2v) is 10.4. The summed E-state index contributed by atoms with van der Waals surface area (Å²) in [7, 11) is 0. The van der Waals surface area contributed by atoms with E-state index in [9.17, 15) is 19.8 Å². The molecule has 6 heteroatoms. The molecule has 0 aliphatic heterocycles. The third-order valence-electron chi connectivity index (χ3n) is 7.65. The number of halogens is 1. The fourth-order valence-corrected chi connectivity index (χ4v) is 6.11. The van der Waals surface area contributed by atoms with E-state index in [0.717, 1.165) is 22.0 Å². The molecule has 2 aliphatic rings. The van der Waals surface area contributed by atoms with E-state index in [-0.39, 0.29) is 35.3 Å². The third-order valence-corrected chi connectivity index (χ3v) is 8.18. The standard InChI is InChI=1S/C26H30BrNO4/c1-16-3-8-21(24(31)28-14-11-18-4-6-19(27)7-5-18)23(30)22(16)25-12-9-17(2)26(25,32)13-10-20(29)15-25/h3-8,17,30,32H,9-15H2,1-2H3,(H,28,31). The maximum absolute atomic E-state index is 12.9. The maximum atomic E-state index is 12.9. The molecule has 0 heterocycles. The number of amides is 1. The molecule has 1 amide bonds. The second kappa shape index (κ2) is 8.64. The minimum Gasteiger partial charge on any atom is -0.507 e. The molecule has 0 radical (unpaired) electrons. The monoisotopic (exact) mass is 499 g/mol. The highest BCUT2D eigenvalue weighted by molar-refractivity contribution is 9.10. The molecule has 4 rings (SSSR count). The van der Waals surface area contributed by atoms with Gasteiger partial charge in [0.25, 0.3) is 5.91 Å². The summed E-state index contributed by atoms with van der Waals surface area (Å²) in [4.78, 5) is 25.4. The topological polar surface area (TPSA) is 86.6 Å². The van der Waals surface area contributed by atoms with Crippen LogP contribution in [0.25, 0.3) is 0 Å². The van der Waals surface area contributed by atoms with Gasteiger partial charge in [-0.3, -0.25) is 9.59 Å². The number of aromatic hydroxyl groups is 1. The lowest BCUT2D eigenvalue weighted by molar-refractivity contribution is -0.135. The number of hydrogen-bond donors (Lipinski definition) is 3. The van der Waals surface area contributed by atoms with E-state index in [1.54, 1.807) is 6.07 Å². The highest BCUT2D eigenvalue weighted by Crippen LogP contribution is 2.60. The van der Waals surface area contributed by atoms with Crippen LogP contribution in [0.2, 0.25) is 0 Å². The van der Waals surface area contributed by atoms with Crippen molar-refractivity contribution in [3.8, 4) is 5.75 Å². The van der Waals surface area contributed by atoms with E-state index in [1.807, 2.05) is 44.2 Å². The van der Waals surface area contributed by atoms with Crippen molar-refractivity contribution < 1.29 is 19.8 Å². The Balaban J connectivity index is 1.62. The summed E-state index contributed by atoms with van der Waals surface area (Å²) >= 11 is 3.41. The molecule has 2 aliphatic carbocycles. The number of nitrogens with one attached hydrogen (secondary N) is 1. The van der Waals surface area contributed by atoms with E-state index in [0.29, 0.717) is 37.8 Å². The van der Waals surface area contributed by atoms with Crippen LogP contribution < -0.4 is 5.32 Å². The van der Waals surface area contributed by atoms with Crippen LogP contribution in [0.3, 0.4) is 0 Å². The van der Waals surface area contributed by atoms with Gasteiger partial charge in [0.05, 0.1) is 11.2 Å². The molecule has 3 unspecified atom stereocenters. The van der Waals surface area contributed by atoms with Crippen LogP contribution >= 0.6 is 15.9 Å². The summed E-state index contributed by atoms with van der Waals surface area (Å²) < 4.78 is 1.00. The van der Waals surface area contributed by atoms with Gasteiger partial charge in [0.1, 0.15) is 11.5 Å². The van der Waals surface area contributed by atoms with Crippen molar-refractivity contribution >= 4 is 27.6 Å². The van der Waals surface area contributed by atoms with Crippen LogP contribution in [0.15, 0.2) is 40.9 Å². The lowest BCUT2D eigenvalue weighted by Crippen LogP contribution is -2.55. The largest absolute Gasteiger partial charge is 0.507 e. The number of ketones is 1. The van der Waals surface area contributed by atoms with Crippen LogP contribution in [0.1, 0.15) is 66.1 Å². The van der Waals surface area contributed by atoms with Crippen LogP contribution in [0.5, 0.6) is 5.75 Å². The third kappa shape index (κ3) is 3.77. The summed E-state index contributed by atoms with van der Waals surface area (Å²) in [6.45, 7) is 4.33. The predicted molar refractivity (Wildman–Crippen MR) is 127 cm³/mol. The number of aryl methyl sites for hydroxylation is 1. The van der Waals surface area contributed by atoms with Gasteiger partial charge in [0.15, 0.2) is 0 Å². The minimum atomic E-state index is -1.06. The van der Waals surface area contributed by atoms with Gasteiger partial charge in [-0.25, -0.2) is 0 Å². The molecule has 5 nitrogen and oxygen atoms in total. The Morgan fingerprint density at radius 3 is 2.62 bits per heavy atom. The fraction of sp³-hybridized carbons (Fsp3) is 0.462.